The molecule has 50 heavy (non-hydrogen) atoms. The number of aliphatic hydroxyl groups is 2. The van der Waals surface area contributed by atoms with Crippen LogP contribution in [-0.2, 0) is 4.79 Å². The Balaban J connectivity index is 1.06. The van der Waals surface area contributed by atoms with E-state index in [-0.39, 0.29) is 6.61 Å². The van der Waals surface area contributed by atoms with Crippen LogP contribution in [0.5, 0.6) is 5.75 Å². The van der Waals surface area contributed by atoms with E-state index in [1.165, 1.54) is 69.1 Å². The van der Waals surface area contributed by atoms with Gasteiger partial charge in [-0.1, -0.05) is 89.4 Å². The van der Waals surface area contributed by atoms with Gasteiger partial charge in [-0.25, -0.2) is 0 Å². The normalized spacial score (nSPS) is 16.0. The molecule has 0 radical (unpaired) electrons. The first kappa shape index (κ1) is 37.5. The number of nitrogens with zero attached hydrogens (tertiary/aromatic N) is 2. The Kier molecular flexibility index (Phi) is 13.8. The predicted molar refractivity (Wildman–Crippen MR) is 200 cm³/mol. The zero-order chi connectivity index (χ0) is 35.3. The van der Waals surface area contributed by atoms with E-state index in [2.05, 4.69) is 12.2 Å². The number of unbranched alkanes of at least 4 members (excludes halogenated alkanes) is 11. The highest BCUT2D eigenvalue weighted by atomic mass is 32.1. The average molecular weight is 706 g/mol. The standard InChI is InChI=1S/C39H50BF2N3O4S/c1-2-3-4-5-6-7-8-9-10-11-12-13-14-16-37(47)34(28-46)43-39(48)29-49-33-22-18-30(19-23-33)35-24-20-31-27-32-21-25-36(38-17-15-26-50-38)45(32)40(41,42)44(31)35/h14-27,34,37,46-47H,2-13,28-29H2,1H3,(H,43,48). The molecule has 2 unspecified atom stereocenters. The molecular weight excluding hydrogens is 655 g/mol. The Bertz CT molecular complexity index is 1660. The minimum absolute atomic E-state index is 0.330. The first-order valence-electron chi connectivity index (χ1n) is 18.1. The number of hydrogen-bond donors (Lipinski definition) is 3. The van der Waals surface area contributed by atoms with Gasteiger partial charge in [0.2, 0.25) is 0 Å². The molecule has 0 saturated heterocycles. The summed E-state index contributed by atoms with van der Waals surface area (Å²) in [6.07, 6.45) is 22.5. The molecule has 0 bridgehead atoms. The van der Waals surface area contributed by atoms with Gasteiger partial charge in [0.05, 0.1) is 18.8 Å². The fourth-order valence-electron chi connectivity index (χ4n) is 6.64. The van der Waals surface area contributed by atoms with E-state index < -0.39 is 31.6 Å². The highest BCUT2D eigenvalue weighted by molar-refractivity contribution is 7.13. The van der Waals surface area contributed by atoms with Gasteiger partial charge in [0, 0.05) is 40.1 Å². The molecule has 0 fully saturated rings. The largest absolute Gasteiger partial charge is 0.737 e. The second kappa shape index (κ2) is 18.4. The van der Waals surface area contributed by atoms with Crippen LogP contribution in [0.2, 0.25) is 0 Å². The van der Waals surface area contributed by atoms with Crippen molar-refractivity contribution >= 4 is 36.0 Å². The molecule has 2 aliphatic heterocycles. The Morgan fingerprint density at radius 1 is 0.980 bits per heavy atom. The summed E-state index contributed by atoms with van der Waals surface area (Å²) in [6, 6.07) is 12.9. The number of aliphatic hydroxyl groups excluding tert-OH is 2. The molecule has 2 aromatic heterocycles. The van der Waals surface area contributed by atoms with Crippen LogP contribution in [0.3, 0.4) is 0 Å². The lowest BCUT2D eigenvalue weighted by Gasteiger charge is -2.30. The third-order valence-corrected chi connectivity index (χ3v) is 10.3. The summed E-state index contributed by atoms with van der Waals surface area (Å²) in [4.78, 5) is 13.4. The van der Waals surface area contributed by atoms with E-state index >= 15 is 8.63 Å². The Morgan fingerprint density at radius 3 is 2.34 bits per heavy atom. The number of rotatable bonds is 21. The molecule has 5 rings (SSSR count). The van der Waals surface area contributed by atoms with E-state index in [4.69, 9.17) is 4.74 Å². The van der Waals surface area contributed by atoms with Crippen LogP contribution in [0.4, 0.5) is 8.63 Å². The number of halogens is 2. The Morgan fingerprint density at radius 2 is 1.68 bits per heavy atom. The maximum atomic E-state index is 16.2. The first-order valence-corrected chi connectivity index (χ1v) is 19.0. The zero-order valence-electron chi connectivity index (χ0n) is 29.0. The smallest absolute Gasteiger partial charge is 0.484 e. The highest BCUT2D eigenvalue weighted by Crippen LogP contribution is 2.38. The van der Waals surface area contributed by atoms with Crippen LogP contribution in [0.25, 0.3) is 16.6 Å². The first-order chi connectivity index (χ1) is 24.3. The number of allylic oxidation sites excluding steroid dienone is 3. The number of carbonyl (C=O) groups is 1. The lowest BCUT2D eigenvalue weighted by Crippen LogP contribution is -2.50. The molecule has 0 aliphatic carbocycles. The summed E-state index contributed by atoms with van der Waals surface area (Å²) in [6.45, 7) is -2.68. The summed E-state index contributed by atoms with van der Waals surface area (Å²) in [5.74, 6) is -0.104. The third kappa shape index (κ3) is 9.50. The lowest BCUT2D eigenvalue weighted by atomic mass is 9.90. The molecule has 3 aromatic rings. The number of carbonyl (C=O) groups excluding carboxylic acids is 1. The molecule has 0 saturated carbocycles. The van der Waals surface area contributed by atoms with Gasteiger partial charge in [-0.05, 0) is 60.7 Å². The molecule has 11 heteroatoms. The zero-order valence-corrected chi connectivity index (χ0v) is 29.8. The Hall–Kier alpha value is -3.80. The second-order valence-electron chi connectivity index (χ2n) is 13.1. The minimum atomic E-state index is -4.17. The van der Waals surface area contributed by atoms with Gasteiger partial charge in [0.15, 0.2) is 18.0 Å². The molecule has 0 spiro atoms. The number of benzene rings is 1. The predicted octanol–water partition coefficient (Wildman–Crippen LogP) is 8.34. The van der Waals surface area contributed by atoms with Crippen LogP contribution in [-0.4, -0.2) is 63.1 Å². The molecule has 2 aliphatic rings. The van der Waals surface area contributed by atoms with Gasteiger partial charge in [0.25, 0.3) is 5.91 Å². The van der Waals surface area contributed by atoms with Gasteiger partial charge in [0.1, 0.15) is 5.75 Å². The third-order valence-electron chi connectivity index (χ3n) is 9.37. The summed E-state index contributed by atoms with van der Waals surface area (Å²) in [7, 11) is 0. The topological polar surface area (TPSA) is 86.7 Å². The van der Waals surface area contributed by atoms with Crippen LogP contribution in [0.15, 0.2) is 83.9 Å². The van der Waals surface area contributed by atoms with Crippen molar-refractivity contribution in [1.29, 1.82) is 0 Å². The van der Waals surface area contributed by atoms with Crippen LogP contribution < -0.4 is 10.1 Å². The Labute approximate surface area is 298 Å². The maximum Gasteiger partial charge on any atom is 0.737 e. The molecule has 3 N–H and O–H groups in total. The molecule has 7 nitrogen and oxygen atoms in total. The van der Waals surface area contributed by atoms with Crippen molar-refractivity contribution in [3.05, 3.63) is 95.2 Å². The van der Waals surface area contributed by atoms with Crippen LogP contribution >= 0.6 is 11.3 Å². The summed E-state index contributed by atoms with van der Waals surface area (Å²) >= 11 is 1.42. The van der Waals surface area contributed by atoms with Gasteiger partial charge < -0.3 is 37.9 Å². The lowest BCUT2D eigenvalue weighted by molar-refractivity contribution is -0.360. The van der Waals surface area contributed by atoms with Gasteiger partial charge >= 0.3 is 6.97 Å². The van der Waals surface area contributed by atoms with Crippen molar-refractivity contribution in [3.63, 3.8) is 0 Å². The van der Waals surface area contributed by atoms with E-state index in [0.29, 0.717) is 34.1 Å². The number of hydrogen-bond acceptors (Lipinski definition) is 5. The number of aromatic nitrogens is 1. The minimum Gasteiger partial charge on any atom is -0.484 e. The monoisotopic (exact) mass is 705 g/mol. The van der Waals surface area contributed by atoms with Crippen molar-refractivity contribution in [2.24, 2.45) is 0 Å². The number of nitrogens with one attached hydrogen (secondary N) is 1. The van der Waals surface area contributed by atoms with E-state index in [9.17, 15) is 15.0 Å². The molecule has 1 aromatic carbocycles. The maximum absolute atomic E-state index is 16.2. The van der Waals surface area contributed by atoms with Crippen LogP contribution in [0, 0.1) is 0 Å². The van der Waals surface area contributed by atoms with Crippen molar-refractivity contribution in [1.82, 2.24) is 9.79 Å². The fraction of sp³-hybridized carbons (Fsp3) is 0.436. The quantitative estimate of drug-likeness (QED) is 0.0591. The van der Waals surface area contributed by atoms with E-state index in [0.717, 1.165) is 33.1 Å². The van der Waals surface area contributed by atoms with Gasteiger partial charge in [-0.15, -0.1) is 11.3 Å². The van der Waals surface area contributed by atoms with Crippen molar-refractivity contribution in [2.75, 3.05) is 13.2 Å². The molecule has 268 valence electrons. The molecule has 2 atom stereocenters. The second-order valence-corrected chi connectivity index (χ2v) is 14.1. The number of amides is 1. The van der Waals surface area contributed by atoms with E-state index in [1.54, 1.807) is 60.7 Å². The number of fused-ring (bicyclic) bond motifs is 2. The van der Waals surface area contributed by atoms with E-state index in [1.807, 2.05) is 23.6 Å². The summed E-state index contributed by atoms with van der Waals surface area (Å²) < 4.78 is 40.3. The van der Waals surface area contributed by atoms with Gasteiger partial charge in [-0.2, -0.15) is 0 Å². The van der Waals surface area contributed by atoms with Crippen molar-refractivity contribution in [3.8, 4) is 16.3 Å². The highest BCUT2D eigenvalue weighted by Gasteiger charge is 2.52. The van der Waals surface area contributed by atoms with Crippen LogP contribution in [0.1, 0.15) is 95.2 Å². The average Bonchev–Trinajstić information content (AvgIpc) is 3.89. The summed E-state index contributed by atoms with van der Waals surface area (Å²) in [5, 5.41) is 24.8. The SMILES string of the molecule is CCCCCCCCCCCCCC=CC(O)C(CO)NC(=O)COc1ccc(C2=[N+]3C(=Cc4ccc(-c5cccs5)n4[B-]3(F)F)C=C2)cc1. The molecule has 1 amide bonds. The molecular formula is C39H50BF2N3O4S. The number of thiophene rings is 1. The fourth-order valence-corrected chi connectivity index (χ4v) is 7.39. The van der Waals surface area contributed by atoms with Gasteiger partial charge in [-0.3, -0.25) is 4.79 Å². The van der Waals surface area contributed by atoms with Crippen molar-refractivity contribution < 1.29 is 32.9 Å². The van der Waals surface area contributed by atoms with Crippen molar-refractivity contribution in [2.45, 2.75) is 96.1 Å². The molecule has 4 heterocycles. The number of ether oxygens (including phenoxy) is 1. The summed E-state index contributed by atoms with van der Waals surface area (Å²) in [5.41, 5.74) is 2.33.